The molecule has 2 amide bonds. The molecule has 1 aliphatic heterocycles. The molecular weight excluding hydrogens is 236 g/mol. The Kier molecular flexibility index (Phi) is 3.50. The summed E-state index contributed by atoms with van der Waals surface area (Å²) < 4.78 is 0. The molecule has 1 saturated heterocycles. The highest BCUT2D eigenvalue weighted by molar-refractivity contribution is 5.92. The minimum Gasteiger partial charge on any atom is -0.465 e. The van der Waals surface area contributed by atoms with Crippen molar-refractivity contribution in [1.29, 1.82) is 0 Å². The van der Waals surface area contributed by atoms with E-state index in [9.17, 15) is 9.59 Å². The number of aryl methyl sites for hydroxylation is 1. The fourth-order valence-corrected chi connectivity index (χ4v) is 2.01. The summed E-state index contributed by atoms with van der Waals surface area (Å²) in [4.78, 5) is 30.8. The average molecular weight is 252 g/mol. The molecule has 98 valence electrons. The van der Waals surface area contributed by atoms with E-state index in [0.29, 0.717) is 37.4 Å². The maximum Gasteiger partial charge on any atom is 0.407 e. The fourth-order valence-electron chi connectivity index (χ4n) is 2.01. The molecule has 7 nitrogen and oxygen atoms in total. The maximum absolute atomic E-state index is 11.8. The lowest BCUT2D eigenvalue weighted by Gasteiger charge is -2.30. The molecule has 0 radical (unpaired) electrons. The number of hydrogen-bond donors (Lipinski definition) is 3. The van der Waals surface area contributed by atoms with Crippen LogP contribution in [0.3, 0.4) is 0 Å². The summed E-state index contributed by atoms with van der Waals surface area (Å²) in [5.41, 5.74) is 0.438. The van der Waals surface area contributed by atoms with Gasteiger partial charge in [-0.1, -0.05) is 0 Å². The Morgan fingerprint density at radius 3 is 2.67 bits per heavy atom. The van der Waals surface area contributed by atoms with E-state index in [4.69, 9.17) is 5.11 Å². The normalized spacial score (nSPS) is 16.6. The van der Waals surface area contributed by atoms with E-state index in [-0.39, 0.29) is 11.9 Å². The summed E-state index contributed by atoms with van der Waals surface area (Å²) in [6.45, 7) is 2.70. The summed E-state index contributed by atoms with van der Waals surface area (Å²) in [6, 6.07) is 0.0247. The number of likely N-dealkylation sites (tertiary alicyclic amines) is 1. The predicted octanol–water partition coefficient (Wildman–Crippen LogP) is 0.590. The number of carbonyl (C=O) groups excluding carboxylic acids is 1. The van der Waals surface area contributed by atoms with Gasteiger partial charge < -0.3 is 20.3 Å². The minimum absolute atomic E-state index is 0.0247. The van der Waals surface area contributed by atoms with Crippen LogP contribution in [0.4, 0.5) is 4.79 Å². The Morgan fingerprint density at radius 2 is 2.17 bits per heavy atom. The molecule has 2 rings (SSSR count). The molecule has 7 heteroatoms. The molecule has 3 N–H and O–H groups in total. The van der Waals surface area contributed by atoms with Crippen molar-refractivity contribution in [2.24, 2.45) is 0 Å². The van der Waals surface area contributed by atoms with Gasteiger partial charge in [0, 0.05) is 19.1 Å². The number of carbonyl (C=O) groups is 2. The summed E-state index contributed by atoms with van der Waals surface area (Å²) >= 11 is 0. The van der Waals surface area contributed by atoms with Gasteiger partial charge in [0.15, 0.2) is 0 Å². The number of piperidine rings is 1. The summed E-state index contributed by atoms with van der Waals surface area (Å²) in [5, 5.41) is 11.7. The van der Waals surface area contributed by atoms with Crippen molar-refractivity contribution in [3.05, 3.63) is 17.7 Å². The quantitative estimate of drug-likeness (QED) is 0.717. The van der Waals surface area contributed by atoms with E-state index < -0.39 is 6.09 Å². The first-order chi connectivity index (χ1) is 8.56. The van der Waals surface area contributed by atoms with E-state index >= 15 is 0 Å². The molecule has 0 aromatic carbocycles. The van der Waals surface area contributed by atoms with E-state index in [2.05, 4.69) is 15.3 Å². The van der Waals surface area contributed by atoms with Crippen LogP contribution in [0.15, 0.2) is 6.20 Å². The number of carboxylic acid groups (broad SMARTS) is 1. The molecule has 0 atom stereocenters. The molecule has 1 aromatic rings. The Bertz CT molecular complexity index is 449. The first kappa shape index (κ1) is 12.4. The number of nitrogens with zero attached hydrogens (tertiary/aromatic N) is 2. The summed E-state index contributed by atoms with van der Waals surface area (Å²) in [6.07, 6.45) is 1.89. The average Bonchev–Trinajstić information content (AvgIpc) is 2.76. The van der Waals surface area contributed by atoms with Crippen LogP contribution >= 0.6 is 0 Å². The Labute approximate surface area is 104 Å². The number of nitrogens with one attached hydrogen (secondary N) is 2. The lowest BCUT2D eigenvalue weighted by molar-refractivity contribution is 0.0903. The molecule has 0 aliphatic carbocycles. The number of amides is 2. The fraction of sp³-hybridized carbons (Fsp3) is 0.545. The lowest BCUT2D eigenvalue weighted by atomic mass is 10.1. The number of hydrogen-bond acceptors (Lipinski definition) is 3. The van der Waals surface area contributed by atoms with Crippen molar-refractivity contribution in [3.63, 3.8) is 0 Å². The Balaban J connectivity index is 1.85. The first-order valence-electron chi connectivity index (χ1n) is 5.86. The van der Waals surface area contributed by atoms with Gasteiger partial charge in [0.05, 0.1) is 6.20 Å². The third-order valence-electron chi connectivity index (χ3n) is 3.05. The molecule has 0 unspecified atom stereocenters. The topological polar surface area (TPSA) is 98.3 Å². The lowest BCUT2D eigenvalue weighted by Crippen LogP contribution is -2.46. The van der Waals surface area contributed by atoms with Gasteiger partial charge in [-0.15, -0.1) is 0 Å². The van der Waals surface area contributed by atoms with Gasteiger partial charge >= 0.3 is 6.09 Å². The van der Waals surface area contributed by atoms with Crippen LogP contribution in [0.5, 0.6) is 0 Å². The van der Waals surface area contributed by atoms with Gasteiger partial charge in [0.25, 0.3) is 5.91 Å². The summed E-state index contributed by atoms with van der Waals surface area (Å²) in [5.74, 6) is 0.505. The van der Waals surface area contributed by atoms with Gasteiger partial charge in [-0.3, -0.25) is 4.79 Å². The van der Waals surface area contributed by atoms with Crippen LogP contribution < -0.4 is 5.32 Å². The number of imidazole rings is 1. The second kappa shape index (κ2) is 5.07. The Hall–Kier alpha value is -2.05. The molecule has 1 fully saturated rings. The largest absolute Gasteiger partial charge is 0.465 e. The minimum atomic E-state index is -0.899. The highest BCUT2D eigenvalue weighted by Crippen LogP contribution is 2.11. The zero-order valence-corrected chi connectivity index (χ0v) is 10.1. The zero-order chi connectivity index (χ0) is 13.1. The van der Waals surface area contributed by atoms with E-state index in [1.807, 2.05) is 0 Å². The van der Waals surface area contributed by atoms with Crippen LogP contribution in [0.1, 0.15) is 29.2 Å². The number of aromatic nitrogens is 2. The van der Waals surface area contributed by atoms with Crippen LogP contribution in [-0.2, 0) is 0 Å². The predicted molar refractivity (Wildman–Crippen MR) is 63.4 cm³/mol. The highest BCUT2D eigenvalue weighted by Gasteiger charge is 2.23. The van der Waals surface area contributed by atoms with Crippen molar-refractivity contribution >= 4 is 12.0 Å². The molecule has 0 saturated carbocycles. The molecule has 2 heterocycles. The van der Waals surface area contributed by atoms with E-state index in [1.165, 1.54) is 11.1 Å². The van der Waals surface area contributed by atoms with Gasteiger partial charge in [-0.05, 0) is 19.8 Å². The third-order valence-corrected chi connectivity index (χ3v) is 3.05. The SMILES string of the molecule is Cc1ncc(C(=O)NC2CCN(C(=O)O)CC2)[nH]1. The first-order valence-corrected chi connectivity index (χ1v) is 5.86. The number of rotatable bonds is 2. The standard InChI is InChI=1S/C11H16N4O3/c1-7-12-6-9(13-7)10(16)14-8-2-4-15(5-3-8)11(17)18/h6,8H,2-5H2,1H3,(H,12,13)(H,14,16)(H,17,18). The smallest absolute Gasteiger partial charge is 0.407 e. The van der Waals surface area contributed by atoms with Gasteiger partial charge in [0.1, 0.15) is 11.5 Å². The van der Waals surface area contributed by atoms with E-state index in [0.717, 1.165) is 0 Å². The van der Waals surface area contributed by atoms with Gasteiger partial charge in [-0.25, -0.2) is 9.78 Å². The molecule has 1 aliphatic rings. The summed E-state index contributed by atoms with van der Waals surface area (Å²) in [7, 11) is 0. The van der Waals surface area contributed by atoms with Gasteiger partial charge in [0.2, 0.25) is 0 Å². The molecule has 0 spiro atoms. The van der Waals surface area contributed by atoms with Crippen LogP contribution in [0.2, 0.25) is 0 Å². The highest BCUT2D eigenvalue weighted by atomic mass is 16.4. The molecule has 0 bridgehead atoms. The van der Waals surface area contributed by atoms with Crippen molar-refractivity contribution in [2.75, 3.05) is 13.1 Å². The monoisotopic (exact) mass is 252 g/mol. The van der Waals surface area contributed by atoms with Crippen LogP contribution in [0, 0.1) is 6.92 Å². The molecule has 1 aromatic heterocycles. The Morgan fingerprint density at radius 1 is 1.50 bits per heavy atom. The van der Waals surface area contributed by atoms with E-state index in [1.54, 1.807) is 6.92 Å². The van der Waals surface area contributed by atoms with Gasteiger partial charge in [-0.2, -0.15) is 0 Å². The molecule has 18 heavy (non-hydrogen) atoms. The van der Waals surface area contributed by atoms with Crippen molar-refractivity contribution < 1.29 is 14.7 Å². The van der Waals surface area contributed by atoms with Crippen molar-refractivity contribution in [1.82, 2.24) is 20.2 Å². The number of H-pyrrole nitrogens is 1. The van der Waals surface area contributed by atoms with Crippen molar-refractivity contribution in [2.45, 2.75) is 25.8 Å². The van der Waals surface area contributed by atoms with Crippen LogP contribution in [0.25, 0.3) is 0 Å². The molecular formula is C11H16N4O3. The second-order valence-corrected chi connectivity index (χ2v) is 4.40. The van der Waals surface area contributed by atoms with Crippen molar-refractivity contribution in [3.8, 4) is 0 Å². The second-order valence-electron chi connectivity index (χ2n) is 4.40. The van der Waals surface area contributed by atoms with Crippen LogP contribution in [-0.4, -0.2) is 51.1 Å². The zero-order valence-electron chi connectivity index (χ0n) is 10.1. The maximum atomic E-state index is 11.8. The third kappa shape index (κ3) is 2.79. The number of aromatic amines is 1.